The summed E-state index contributed by atoms with van der Waals surface area (Å²) in [7, 11) is 0. The minimum Gasteiger partial charge on any atom is -0.484 e. The summed E-state index contributed by atoms with van der Waals surface area (Å²) in [5.41, 5.74) is 3.56. The fourth-order valence-corrected chi connectivity index (χ4v) is 1.85. The first kappa shape index (κ1) is 16.1. The van der Waals surface area contributed by atoms with Crippen molar-refractivity contribution in [1.82, 2.24) is 10.9 Å². The summed E-state index contributed by atoms with van der Waals surface area (Å²) in [6.07, 6.45) is -1.89. The maximum atomic E-state index is 12.5. The SMILES string of the molecule is O=C(COc1cccc(C(F)(F)F)c1)NNC(=O)C1CCC1. The minimum atomic E-state index is -4.47. The van der Waals surface area contributed by atoms with Crippen LogP contribution < -0.4 is 15.6 Å². The standard InChI is InChI=1S/C14H15F3N2O3/c15-14(16,17)10-5-2-6-11(7-10)22-8-12(20)18-19-13(21)9-3-1-4-9/h2,5-7,9H,1,3-4,8H2,(H,18,20)(H,19,21). The van der Waals surface area contributed by atoms with E-state index in [-0.39, 0.29) is 17.6 Å². The molecule has 0 spiro atoms. The van der Waals surface area contributed by atoms with Gasteiger partial charge < -0.3 is 4.74 Å². The smallest absolute Gasteiger partial charge is 0.416 e. The van der Waals surface area contributed by atoms with Gasteiger partial charge in [0.05, 0.1) is 5.56 Å². The van der Waals surface area contributed by atoms with Gasteiger partial charge in [0.2, 0.25) is 5.91 Å². The number of carbonyl (C=O) groups excluding carboxylic acids is 2. The van der Waals surface area contributed by atoms with E-state index in [1.165, 1.54) is 12.1 Å². The van der Waals surface area contributed by atoms with Gasteiger partial charge in [-0.1, -0.05) is 12.5 Å². The van der Waals surface area contributed by atoms with E-state index in [0.29, 0.717) is 0 Å². The number of carbonyl (C=O) groups is 2. The maximum Gasteiger partial charge on any atom is 0.416 e. The van der Waals surface area contributed by atoms with Crippen molar-refractivity contribution in [3.05, 3.63) is 29.8 Å². The average molecular weight is 316 g/mol. The number of alkyl halides is 3. The van der Waals surface area contributed by atoms with Gasteiger partial charge in [-0.2, -0.15) is 13.2 Å². The lowest BCUT2D eigenvalue weighted by atomic mass is 9.85. The minimum absolute atomic E-state index is 0.0738. The van der Waals surface area contributed by atoms with Crippen molar-refractivity contribution in [1.29, 1.82) is 0 Å². The second-order valence-electron chi connectivity index (χ2n) is 4.98. The Morgan fingerprint density at radius 1 is 1.23 bits per heavy atom. The van der Waals surface area contributed by atoms with E-state index in [1.54, 1.807) is 0 Å². The summed E-state index contributed by atoms with van der Waals surface area (Å²) >= 11 is 0. The topological polar surface area (TPSA) is 67.4 Å². The van der Waals surface area contributed by atoms with E-state index >= 15 is 0 Å². The van der Waals surface area contributed by atoms with E-state index in [1.807, 2.05) is 0 Å². The van der Waals surface area contributed by atoms with E-state index in [2.05, 4.69) is 10.9 Å². The average Bonchev–Trinajstić information content (AvgIpc) is 2.40. The van der Waals surface area contributed by atoms with Gasteiger partial charge in [0.1, 0.15) is 5.75 Å². The molecule has 1 aliphatic rings. The summed E-state index contributed by atoms with van der Waals surface area (Å²) in [5, 5.41) is 0. The Morgan fingerprint density at radius 2 is 1.95 bits per heavy atom. The molecule has 0 radical (unpaired) electrons. The van der Waals surface area contributed by atoms with Crippen LogP contribution in [0.4, 0.5) is 13.2 Å². The molecule has 0 saturated heterocycles. The molecular weight excluding hydrogens is 301 g/mol. The molecule has 1 aromatic rings. The van der Waals surface area contributed by atoms with Crippen LogP contribution >= 0.6 is 0 Å². The van der Waals surface area contributed by atoms with Crippen molar-refractivity contribution in [2.24, 2.45) is 5.92 Å². The van der Waals surface area contributed by atoms with Crippen LogP contribution in [0.1, 0.15) is 24.8 Å². The molecule has 0 unspecified atom stereocenters. The zero-order chi connectivity index (χ0) is 16.2. The van der Waals surface area contributed by atoms with Crippen molar-refractivity contribution in [3.8, 4) is 5.75 Å². The lowest BCUT2D eigenvalue weighted by molar-refractivity contribution is -0.137. The molecule has 0 bridgehead atoms. The van der Waals surface area contributed by atoms with E-state index in [0.717, 1.165) is 31.4 Å². The number of nitrogens with one attached hydrogen (secondary N) is 2. The molecule has 0 heterocycles. The van der Waals surface area contributed by atoms with Crippen LogP contribution in [0.25, 0.3) is 0 Å². The molecule has 1 aromatic carbocycles. The Kier molecular flexibility index (Phi) is 4.89. The second-order valence-corrected chi connectivity index (χ2v) is 4.98. The number of rotatable bonds is 4. The number of ether oxygens (including phenoxy) is 1. The Hall–Kier alpha value is -2.25. The predicted molar refractivity (Wildman–Crippen MR) is 70.6 cm³/mol. The lowest BCUT2D eigenvalue weighted by Gasteiger charge is -2.23. The van der Waals surface area contributed by atoms with Crippen LogP contribution in [0.3, 0.4) is 0 Å². The summed E-state index contributed by atoms with van der Waals surface area (Å²) in [6, 6.07) is 4.22. The van der Waals surface area contributed by atoms with Gasteiger partial charge in [-0.05, 0) is 31.0 Å². The van der Waals surface area contributed by atoms with Gasteiger partial charge in [-0.25, -0.2) is 0 Å². The van der Waals surface area contributed by atoms with Crippen molar-refractivity contribution in [2.75, 3.05) is 6.61 Å². The molecule has 5 nitrogen and oxygen atoms in total. The zero-order valence-corrected chi connectivity index (χ0v) is 11.6. The molecule has 1 saturated carbocycles. The van der Waals surface area contributed by atoms with Crippen LogP contribution in [0.2, 0.25) is 0 Å². The third kappa shape index (κ3) is 4.37. The summed E-state index contributed by atoms with van der Waals surface area (Å²) < 4.78 is 42.5. The highest BCUT2D eigenvalue weighted by Crippen LogP contribution is 2.31. The molecule has 0 aromatic heterocycles. The molecule has 0 aliphatic heterocycles. The first-order valence-corrected chi connectivity index (χ1v) is 6.75. The van der Waals surface area contributed by atoms with E-state index < -0.39 is 24.3 Å². The molecule has 0 atom stereocenters. The number of halogens is 3. The molecule has 2 N–H and O–H groups in total. The van der Waals surface area contributed by atoms with Gasteiger partial charge in [0.15, 0.2) is 6.61 Å². The highest BCUT2D eigenvalue weighted by molar-refractivity contribution is 5.84. The van der Waals surface area contributed by atoms with Crippen LogP contribution in [-0.4, -0.2) is 18.4 Å². The van der Waals surface area contributed by atoms with Gasteiger partial charge >= 0.3 is 6.18 Å². The van der Waals surface area contributed by atoms with Crippen LogP contribution in [0.5, 0.6) is 5.75 Å². The highest BCUT2D eigenvalue weighted by Gasteiger charge is 2.30. The number of amides is 2. The number of benzene rings is 1. The van der Waals surface area contributed by atoms with Gasteiger partial charge in [-0.15, -0.1) is 0 Å². The third-order valence-electron chi connectivity index (χ3n) is 3.33. The fraction of sp³-hybridized carbons (Fsp3) is 0.429. The summed E-state index contributed by atoms with van der Waals surface area (Å²) in [4.78, 5) is 22.9. The first-order valence-electron chi connectivity index (χ1n) is 6.75. The van der Waals surface area contributed by atoms with Crippen molar-refractivity contribution >= 4 is 11.8 Å². The molecule has 2 rings (SSSR count). The van der Waals surface area contributed by atoms with Gasteiger partial charge in [-0.3, -0.25) is 20.4 Å². The Labute approximate surface area is 124 Å². The van der Waals surface area contributed by atoms with Gasteiger partial charge in [0.25, 0.3) is 5.91 Å². The molecule has 2 amide bonds. The van der Waals surface area contributed by atoms with Crippen LogP contribution in [0.15, 0.2) is 24.3 Å². The Morgan fingerprint density at radius 3 is 2.55 bits per heavy atom. The van der Waals surface area contributed by atoms with E-state index in [9.17, 15) is 22.8 Å². The van der Waals surface area contributed by atoms with Crippen LogP contribution in [-0.2, 0) is 15.8 Å². The number of hydrazine groups is 1. The number of hydrogen-bond acceptors (Lipinski definition) is 3. The first-order chi connectivity index (χ1) is 10.4. The van der Waals surface area contributed by atoms with Crippen molar-refractivity contribution in [2.45, 2.75) is 25.4 Å². The van der Waals surface area contributed by atoms with Gasteiger partial charge in [0, 0.05) is 5.92 Å². The fourth-order valence-electron chi connectivity index (χ4n) is 1.85. The largest absolute Gasteiger partial charge is 0.484 e. The van der Waals surface area contributed by atoms with Crippen molar-refractivity contribution < 1.29 is 27.5 Å². The quantitative estimate of drug-likeness (QED) is 0.835. The molecule has 120 valence electrons. The predicted octanol–water partition coefficient (Wildman–Crippen LogP) is 2.03. The third-order valence-corrected chi connectivity index (χ3v) is 3.33. The zero-order valence-electron chi connectivity index (χ0n) is 11.6. The van der Waals surface area contributed by atoms with Crippen molar-refractivity contribution in [3.63, 3.8) is 0 Å². The molecule has 22 heavy (non-hydrogen) atoms. The normalized spacial score (nSPS) is 14.9. The second kappa shape index (κ2) is 6.67. The number of hydrogen-bond donors (Lipinski definition) is 2. The van der Waals surface area contributed by atoms with E-state index in [4.69, 9.17) is 4.74 Å². The monoisotopic (exact) mass is 316 g/mol. The molecule has 1 aliphatic carbocycles. The Bertz CT molecular complexity index is 557. The lowest BCUT2D eigenvalue weighted by Crippen LogP contribution is -2.47. The summed E-state index contributed by atoms with van der Waals surface area (Å²) in [5.74, 6) is -1.07. The highest BCUT2D eigenvalue weighted by atomic mass is 19.4. The van der Waals surface area contributed by atoms with Crippen LogP contribution in [0, 0.1) is 5.92 Å². The summed E-state index contributed by atoms with van der Waals surface area (Å²) in [6.45, 7) is -0.494. The molecule has 8 heteroatoms. The Balaban J connectivity index is 1.77. The molecular formula is C14H15F3N2O3. The maximum absolute atomic E-state index is 12.5. The molecule has 1 fully saturated rings.